The summed E-state index contributed by atoms with van der Waals surface area (Å²) in [5.74, 6) is -4.76. The number of carboxylic acids is 4. The monoisotopic (exact) mass is 569 g/mol. The second-order valence-electron chi connectivity index (χ2n) is 9.38. The van der Waals surface area contributed by atoms with E-state index < -0.39 is 54.1 Å². The summed E-state index contributed by atoms with van der Waals surface area (Å²) in [7, 11) is 0. The third kappa shape index (κ3) is 12.4. The van der Waals surface area contributed by atoms with Crippen LogP contribution in [-0.2, 0) is 25.6 Å². The number of carboxylic acid groups (broad SMARTS) is 4. The van der Waals surface area contributed by atoms with Crippen LogP contribution in [0.1, 0.15) is 50.6 Å². The van der Waals surface area contributed by atoms with E-state index in [9.17, 15) is 29.4 Å². The number of carbonyl (C=O) groups is 4. The molecule has 40 heavy (non-hydrogen) atoms. The molecular formula is C24H39N7O9. The van der Waals surface area contributed by atoms with Crippen molar-refractivity contribution in [2.45, 2.75) is 81.6 Å². The Bertz CT molecular complexity index is 1070. The molecule has 0 aromatic carbocycles. The summed E-state index contributed by atoms with van der Waals surface area (Å²) in [6, 6.07) is -4.59. The van der Waals surface area contributed by atoms with Crippen molar-refractivity contribution in [3.63, 3.8) is 0 Å². The van der Waals surface area contributed by atoms with Crippen molar-refractivity contribution in [1.82, 2.24) is 9.55 Å². The molecular weight excluding hydrogens is 530 g/mol. The minimum Gasteiger partial charge on any atom is -0.480 e. The topological polar surface area (TPSA) is 304 Å². The minimum absolute atomic E-state index is 0.0241. The van der Waals surface area contributed by atoms with Crippen molar-refractivity contribution in [3.8, 4) is 0 Å². The number of aliphatic hydroxyl groups excluding tert-OH is 1. The maximum absolute atomic E-state index is 11.3. The fourth-order valence-electron chi connectivity index (χ4n) is 3.59. The van der Waals surface area contributed by atoms with Gasteiger partial charge in [0.05, 0.1) is 24.7 Å². The smallest absolute Gasteiger partial charge is 0.320 e. The van der Waals surface area contributed by atoms with Crippen molar-refractivity contribution in [2.24, 2.45) is 27.9 Å². The molecule has 1 aromatic rings. The van der Waals surface area contributed by atoms with Crippen molar-refractivity contribution in [2.75, 3.05) is 6.54 Å². The number of imidazole rings is 1. The van der Waals surface area contributed by atoms with Gasteiger partial charge < -0.3 is 53.0 Å². The fourth-order valence-corrected chi connectivity index (χ4v) is 3.59. The highest BCUT2D eigenvalue weighted by Crippen LogP contribution is 2.23. The van der Waals surface area contributed by atoms with Gasteiger partial charge in [-0.2, -0.15) is 0 Å². The number of rotatable bonds is 20. The molecule has 224 valence electrons. The van der Waals surface area contributed by atoms with E-state index in [0.29, 0.717) is 23.4 Å². The summed E-state index contributed by atoms with van der Waals surface area (Å²) in [5, 5.41) is 46.5. The maximum Gasteiger partial charge on any atom is 0.320 e. The number of aliphatic imine (C=N–C) groups is 1. The second-order valence-corrected chi connectivity index (χ2v) is 9.38. The van der Waals surface area contributed by atoms with Gasteiger partial charge in [-0.05, 0) is 50.5 Å². The first-order valence-corrected chi connectivity index (χ1v) is 12.6. The van der Waals surface area contributed by atoms with Crippen LogP contribution in [0.3, 0.4) is 0 Å². The first-order chi connectivity index (χ1) is 18.7. The molecule has 0 saturated carbocycles. The van der Waals surface area contributed by atoms with Gasteiger partial charge >= 0.3 is 23.9 Å². The fraction of sp³-hybridized carbons (Fsp3) is 0.583. The van der Waals surface area contributed by atoms with Crippen molar-refractivity contribution >= 4 is 35.8 Å². The number of aliphatic hydroxyl groups is 1. The van der Waals surface area contributed by atoms with E-state index in [2.05, 4.69) is 9.98 Å². The summed E-state index contributed by atoms with van der Waals surface area (Å²) in [4.78, 5) is 52.9. The zero-order valence-electron chi connectivity index (χ0n) is 22.0. The van der Waals surface area contributed by atoms with E-state index in [0.717, 1.165) is 0 Å². The van der Waals surface area contributed by atoms with E-state index in [1.807, 2.05) is 0 Å². The lowest BCUT2D eigenvalue weighted by Gasteiger charge is -2.16. The molecule has 0 saturated heterocycles. The highest BCUT2D eigenvalue weighted by Gasteiger charge is 2.19. The third-order valence-corrected chi connectivity index (χ3v) is 6.04. The second kappa shape index (κ2) is 17.1. The number of nitrogens with zero attached hydrogens (tertiary/aromatic N) is 3. The summed E-state index contributed by atoms with van der Waals surface area (Å²) >= 11 is 0. The van der Waals surface area contributed by atoms with Crippen LogP contribution < -0.4 is 22.9 Å². The van der Waals surface area contributed by atoms with Crippen LogP contribution in [0.4, 0.5) is 0 Å². The summed E-state index contributed by atoms with van der Waals surface area (Å²) in [5.41, 5.74) is 23.9. The standard InChI is InChI=1S/C24H39N7O9/c25-16(21(33)34)2-1-3-20(31-11-14(30-12-31)8-19(28)24(39)40)13(4-6-17(26)22(35)36)9-29-10-15(32)5-7-18(27)23(37)38/h9,11-12,15-19,32H,1-8,10,25-28H2,(H,33,34)(H,35,36)(H,37,38)(H,39,40). The van der Waals surface area contributed by atoms with Gasteiger partial charge in [-0.15, -0.1) is 0 Å². The van der Waals surface area contributed by atoms with Crippen LogP contribution in [0, 0.1) is 0 Å². The van der Waals surface area contributed by atoms with Gasteiger partial charge in [-0.1, -0.05) is 0 Å². The maximum atomic E-state index is 11.3. The van der Waals surface area contributed by atoms with Gasteiger partial charge in [0, 0.05) is 24.5 Å². The Balaban J connectivity index is 3.32. The minimum atomic E-state index is -1.21. The summed E-state index contributed by atoms with van der Waals surface area (Å²) in [6.07, 6.45) is 4.37. The molecule has 0 fully saturated rings. The number of hydrogen-bond donors (Lipinski definition) is 9. The lowest BCUT2D eigenvalue weighted by molar-refractivity contribution is -0.139. The lowest BCUT2D eigenvalue weighted by atomic mass is 10.0. The number of nitrogens with two attached hydrogens (primary N) is 4. The van der Waals surface area contributed by atoms with Crippen LogP contribution in [0.25, 0.3) is 5.70 Å². The van der Waals surface area contributed by atoms with Crippen molar-refractivity contribution in [3.05, 3.63) is 23.8 Å². The Morgan fingerprint density at radius 2 is 1.38 bits per heavy atom. The quantitative estimate of drug-likeness (QED) is 0.0803. The Morgan fingerprint density at radius 1 is 0.825 bits per heavy atom. The molecule has 0 aliphatic rings. The van der Waals surface area contributed by atoms with E-state index in [4.69, 9.17) is 38.3 Å². The highest BCUT2D eigenvalue weighted by atomic mass is 16.4. The van der Waals surface area contributed by atoms with Crippen LogP contribution >= 0.6 is 0 Å². The first kappa shape index (κ1) is 34.3. The highest BCUT2D eigenvalue weighted by molar-refractivity contribution is 5.87. The molecule has 5 atom stereocenters. The van der Waals surface area contributed by atoms with Crippen molar-refractivity contribution < 1.29 is 44.7 Å². The third-order valence-electron chi connectivity index (χ3n) is 6.04. The van der Waals surface area contributed by atoms with Crippen LogP contribution in [0.5, 0.6) is 0 Å². The Morgan fingerprint density at radius 3 is 1.95 bits per heavy atom. The zero-order valence-corrected chi connectivity index (χ0v) is 22.0. The molecule has 0 radical (unpaired) electrons. The molecule has 0 bridgehead atoms. The van der Waals surface area contributed by atoms with Gasteiger partial charge in [0.15, 0.2) is 0 Å². The number of hydrogen-bond acceptors (Lipinski definition) is 11. The molecule has 0 aliphatic heterocycles. The molecule has 1 rings (SSSR count). The molecule has 16 nitrogen and oxygen atoms in total. The summed E-state index contributed by atoms with van der Waals surface area (Å²) < 4.78 is 1.59. The predicted molar refractivity (Wildman–Crippen MR) is 143 cm³/mol. The normalized spacial score (nSPS) is 16.1. The van der Waals surface area contributed by atoms with E-state index >= 15 is 0 Å². The molecule has 1 heterocycles. The van der Waals surface area contributed by atoms with Gasteiger partial charge in [-0.25, -0.2) is 4.98 Å². The molecule has 1 aromatic heterocycles. The van der Waals surface area contributed by atoms with E-state index in [1.54, 1.807) is 10.8 Å². The Hall–Kier alpha value is -3.70. The molecule has 5 unspecified atom stereocenters. The van der Waals surface area contributed by atoms with Crippen LogP contribution in [0.15, 0.2) is 23.1 Å². The average molecular weight is 570 g/mol. The predicted octanol–water partition coefficient (Wildman–Crippen LogP) is -1.55. The Labute approximate surface area is 230 Å². The molecule has 0 aliphatic carbocycles. The van der Waals surface area contributed by atoms with Gasteiger partial charge in [-0.3, -0.25) is 24.2 Å². The molecule has 13 N–H and O–H groups in total. The van der Waals surface area contributed by atoms with Gasteiger partial charge in [0.25, 0.3) is 0 Å². The van der Waals surface area contributed by atoms with E-state index in [-0.39, 0.29) is 51.5 Å². The number of allylic oxidation sites excluding steroid dienone is 2. The van der Waals surface area contributed by atoms with E-state index in [1.165, 1.54) is 12.5 Å². The largest absolute Gasteiger partial charge is 0.480 e. The van der Waals surface area contributed by atoms with Gasteiger partial charge in [0.2, 0.25) is 0 Å². The molecule has 16 heteroatoms. The van der Waals surface area contributed by atoms with Crippen molar-refractivity contribution in [1.29, 1.82) is 0 Å². The number of aliphatic carboxylic acids is 4. The Kier molecular flexibility index (Phi) is 14.7. The molecule has 0 spiro atoms. The first-order valence-electron chi connectivity index (χ1n) is 12.6. The van der Waals surface area contributed by atoms with Crippen LogP contribution in [-0.4, -0.2) is 102 Å². The van der Waals surface area contributed by atoms with Crippen LogP contribution in [0.2, 0.25) is 0 Å². The lowest BCUT2D eigenvalue weighted by Crippen LogP contribution is -2.32. The number of aromatic nitrogens is 2. The van der Waals surface area contributed by atoms with Gasteiger partial charge in [0.1, 0.15) is 24.2 Å². The molecule has 0 amide bonds. The SMILES string of the molecule is NC(CCCC(=C(C=NCC(O)CCC(N)C(=O)O)CCC(N)C(=O)O)n1cnc(CC(N)C(=O)O)c1)C(=O)O. The average Bonchev–Trinajstić information content (AvgIpc) is 3.34. The summed E-state index contributed by atoms with van der Waals surface area (Å²) in [6.45, 7) is -0.0966. The zero-order chi connectivity index (χ0) is 30.4.